The molecule has 3 unspecified atom stereocenters. The summed E-state index contributed by atoms with van der Waals surface area (Å²) >= 11 is 0. The molecule has 0 saturated heterocycles. The SMILES string of the molecule is COCC(O)Cc1nc(C2CC2C)no1. The lowest BCUT2D eigenvalue weighted by Gasteiger charge is -2.04. The molecule has 84 valence electrons. The third-order valence-corrected chi connectivity index (χ3v) is 2.69. The number of nitrogens with zero attached hydrogens (tertiary/aromatic N) is 2. The van der Waals surface area contributed by atoms with Gasteiger partial charge >= 0.3 is 0 Å². The molecule has 3 atom stereocenters. The van der Waals surface area contributed by atoms with Gasteiger partial charge in [0.25, 0.3) is 0 Å². The maximum absolute atomic E-state index is 9.47. The smallest absolute Gasteiger partial charge is 0.229 e. The number of aromatic nitrogens is 2. The maximum Gasteiger partial charge on any atom is 0.229 e. The second-order valence-electron chi connectivity index (χ2n) is 4.18. The van der Waals surface area contributed by atoms with Gasteiger partial charge in [0.2, 0.25) is 5.89 Å². The lowest BCUT2D eigenvalue weighted by atomic mass is 10.2. The van der Waals surface area contributed by atoms with Crippen LogP contribution in [0.1, 0.15) is 31.0 Å². The monoisotopic (exact) mass is 212 g/mol. The van der Waals surface area contributed by atoms with E-state index in [1.807, 2.05) is 0 Å². The van der Waals surface area contributed by atoms with E-state index in [1.54, 1.807) is 7.11 Å². The van der Waals surface area contributed by atoms with E-state index < -0.39 is 6.10 Å². The van der Waals surface area contributed by atoms with Crippen molar-refractivity contribution in [1.82, 2.24) is 10.1 Å². The Kier molecular flexibility index (Phi) is 3.02. The Hall–Kier alpha value is -0.940. The van der Waals surface area contributed by atoms with Gasteiger partial charge in [-0.1, -0.05) is 12.1 Å². The van der Waals surface area contributed by atoms with Crippen molar-refractivity contribution >= 4 is 0 Å². The lowest BCUT2D eigenvalue weighted by molar-refractivity contribution is 0.0599. The summed E-state index contributed by atoms with van der Waals surface area (Å²) in [6.07, 6.45) is 0.932. The van der Waals surface area contributed by atoms with Crippen LogP contribution in [0.3, 0.4) is 0 Å². The van der Waals surface area contributed by atoms with E-state index >= 15 is 0 Å². The molecule has 2 rings (SSSR count). The third-order valence-electron chi connectivity index (χ3n) is 2.69. The number of ether oxygens (including phenoxy) is 1. The first-order valence-electron chi connectivity index (χ1n) is 5.20. The van der Waals surface area contributed by atoms with Crippen LogP contribution in [0.15, 0.2) is 4.52 Å². The van der Waals surface area contributed by atoms with Crippen molar-refractivity contribution in [3.8, 4) is 0 Å². The fraction of sp³-hybridized carbons (Fsp3) is 0.800. The van der Waals surface area contributed by atoms with Crippen LogP contribution in [0.5, 0.6) is 0 Å². The molecular formula is C10H16N2O3. The molecule has 1 saturated carbocycles. The van der Waals surface area contributed by atoms with Gasteiger partial charge in [-0.05, 0) is 12.3 Å². The molecule has 1 aliphatic rings. The minimum atomic E-state index is -0.570. The Morgan fingerprint density at radius 2 is 2.40 bits per heavy atom. The first-order valence-corrected chi connectivity index (χ1v) is 5.20. The Labute approximate surface area is 88.4 Å². The minimum Gasteiger partial charge on any atom is -0.390 e. The molecule has 0 aliphatic heterocycles. The topological polar surface area (TPSA) is 68.4 Å². The van der Waals surface area contributed by atoms with Crippen LogP contribution < -0.4 is 0 Å². The highest BCUT2D eigenvalue weighted by molar-refractivity contribution is 5.07. The quantitative estimate of drug-likeness (QED) is 0.779. The van der Waals surface area contributed by atoms with Gasteiger partial charge in [-0.25, -0.2) is 0 Å². The van der Waals surface area contributed by atoms with E-state index in [0.29, 0.717) is 24.1 Å². The summed E-state index contributed by atoms with van der Waals surface area (Å²) in [7, 11) is 1.55. The number of methoxy groups -OCH3 is 1. The molecule has 0 amide bonds. The van der Waals surface area contributed by atoms with Crippen LogP contribution in [0.4, 0.5) is 0 Å². The molecule has 1 fully saturated rings. The van der Waals surface area contributed by atoms with Gasteiger partial charge in [-0.2, -0.15) is 4.98 Å². The molecule has 1 aromatic heterocycles. The molecule has 1 aromatic rings. The highest BCUT2D eigenvalue weighted by Crippen LogP contribution is 2.45. The van der Waals surface area contributed by atoms with Crippen LogP contribution in [-0.4, -0.2) is 35.1 Å². The Morgan fingerprint density at radius 3 is 3.00 bits per heavy atom. The van der Waals surface area contributed by atoms with Gasteiger partial charge in [0.1, 0.15) is 0 Å². The van der Waals surface area contributed by atoms with Crippen LogP contribution in [-0.2, 0) is 11.2 Å². The van der Waals surface area contributed by atoms with Crippen molar-refractivity contribution in [3.63, 3.8) is 0 Å². The van der Waals surface area contributed by atoms with Crippen molar-refractivity contribution in [1.29, 1.82) is 0 Å². The van der Waals surface area contributed by atoms with E-state index in [9.17, 15) is 5.11 Å². The lowest BCUT2D eigenvalue weighted by Crippen LogP contribution is -2.17. The largest absolute Gasteiger partial charge is 0.390 e. The zero-order valence-corrected chi connectivity index (χ0v) is 9.01. The van der Waals surface area contributed by atoms with Crippen LogP contribution in [0, 0.1) is 5.92 Å². The number of hydrogen-bond acceptors (Lipinski definition) is 5. The molecule has 1 heterocycles. The van der Waals surface area contributed by atoms with Crippen LogP contribution in [0.2, 0.25) is 0 Å². The molecular weight excluding hydrogens is 196 g/mol. The Balaban J connectivity index is 1.89. The second-order valence-corrected chi connectivity index (χ2v) is 4.18. The number of aliphatic hydroxyl groups is 1. The van der Waals surface area contributed by atoms with Crippen LogP contribution in [0.25, 0.3) is 0 Å². The van der Waals surface area contributed by atoms with Crippen molar-refractivity contribution in [2.24, 2.45) is 5.92 Å². The zero-order chi connectivity index (χ0) is 10.8. The fourth-order valence-electron chi connectivity index (χ4n) is 1.64. The average molecular weight is 212 g/mol. The molecule has 15 heavy (non-hydrogen) atoms. The molecule has 0 aromatic carbocycles. The summed E-state index contributed by atoms with van der Waals surface area (Å²) in [5.74, 6) is 2.40. The molecule has 0 radical (unpaired) electrons. The van der Waals surface area contributed by atoms with Gasteiger partial charge in [0.15, 0.2) is 5.82 Å². The van der Waals surface area contributed by atoms with Crippen molar-refractivity contribution in [2.75, 3.05) is 13.7 Å². The molecule has 5 heteroatoms. The van der Waals surface area contributed by atoms with Crippen LogP contribution >= 0.6 is 0 Å². The number of rotatable bonds is 5. The highest BCUT2D eigenvalue weighted by atomic mass is 16.5. The van der Waals surface area contributed by atoms with Crippen molar-refractivity contribution in [2.45, 2.75) is 31.8 Å². The molecule has 1 N–H and O–H groups in total. The summed E-state index contributed by atoms with van der Waals surface area (Å²) in [4.78, 5) is 4.25. The minimum absolute atomic E-state index is 0.289. The normalized spacial score (nSPS) is 26.6. The first kappa shape index (κ1) is 10.6. The Bertz CT molecular complexity index is 326. The molecule has 0 bridgehead atoms. The summed E-state index contributed by atoms with van der Waals surface area (Å²) in [6.45, 7) is 2.46. The fourth-order valence-corrected chi connectivity index (χ4v) is 1.64. The second kappa shape index (κ2) is 4.28. The van der Waals surface area contributed by atoms with Gasteiger partial charge < -0.3 is 14.4 Å². The van der Waals surface area contributed by atoms with E-state index in [2.05, 4.69) is 17.1 Å². The van der Waals surface area contributed by atoms with E-state index in [1.165, 1.54) is 0 Å². The van der Waals surface area contributed by atoms with Gasteiger partial charge in [-0.3, -0.25) is 0 Å². The zero-order valence-electron chi connectivity index (χ0n) is 9.01. The van der Waals surface area contributed by atoms with E-state index in [4.69, 9.17) is 9.26 Å². The van der Waals surface area contributed by atoms with Gasteiger partial charge in [0.05, 0.1) is 19.1 Å². The summed E-state index contributed by atoms with van der Waals surface area (Å²) in [5.41, 5.74) is 0. The van der Waals surface area contributed by atoms with Gasteiger partial charge in [0, 0.05) is 13.0 Å². The maximum atomic E-state index is 9.47. The standard InChI is InChI=1S/C10H16N2O3/c1-6-3-8(6)10-11-9(15-12-10)4-7(13)5-14-2/h6-8,13H,3-5H2,1-2H3. The van der Waals surface area contributed by atoms with E-state index in [-0.39, 0.29) is 6.61 Å². The molecule has 0 spiro atoms. The third kappa shape index (κ3) is 2.54. The van der Waals surface area contributed by atoms with Crippen molar-refractivity contribution in [3.05, 3.63) is 11.7 Å². The first-order chi connectivity index (χ1) is 7.20. The van der Waals surface area contributed by atoms with E-state index in [0.717, 1.165) is 12.2 Å². The predicted molar refractivity (Wildman–Crippen MR) is 52.4 cm³/mol. The highest BCUT2D eigenvalue weighted by Gasteiger charge is 2.38. The van der Waals surface area contributed by atoms with Gasteiger partial charge in [-0.15, -0.1) is 0 Å². The molecule has 1 aliphatic carbocycles. The van der Waals surface area contributed by atoms with Crippen molar-refractivity contribution < 1.29 is 14.4 Å². The number of aliphatic hydroxyl groups excluding tert-OH is 1. The number of hydrogen-bond donors (Lipinski definition) is 1. The summed E-state index contributed by atoms with van der Waals surface area (Å²) in [6, 6.07) is 0. The molecule has 5 nitrogen and oxygen atoms in total. The predicted octanol–water partition coefficient (Wildman–Crippen LogP) is 0.743. The summed E-state index contributed by atoms with van der Waals surface area (Å²) in [5, 5.41) is 13.4. The average Bonchev–Trinajstić information content (AvgIpc) is 2.74. The Morgan fingerprint density at radius 1 is 1.67 bits per heavy atom. The summed E-state index contributed by atoms with van der Waals surface area (Å²) < 4.78 is 9.87.